The molecule has 0 aliphatic heterocycles. The molecule has 0 fully saturated rings. The molecule has 8 heteroatoms. The summed E-state index contributed by atoms with van der Waals surface area (Å²) in [7, 11) is 0. The molecule has 0 unspecified atom stereocenters. The lowest BCUT2D eigenvalue weighted by molar-refractivity contribution is 0.0692. The smallest absolute Gasteiger partial charge is 0.335 e. The van der Waals surface area contributed by atoms with Gasteiger partial charge in [0.15, 0.2) is 0 Å². The highest BCUT2D eigenvalue weighted by atomic mass is 16.5. The third kappa shape index (κ3) is 6.25. The Hall–Kier alpha value is -2.00. The first-order valence-corrected chi connectivity index (χ1v) is 7.50. The monoisotopic (exact) mass is 342 g/mol. The SMILES string of the molecule is O=C(O)c1cc(CCOCCO)c(CCOCCO)c(C(=O)O)c1. The van der Waals surface area contributed by atoms with E-state index in [-0.39, 0.29) is 57.2 Å². The van der Waals surface area contributed by atoms with Crippen LogP contribution in [0.5, 0.6) is 0 Å². The van der Waals surface area contributed by atoms with Crippen molar-refractivity contribution in [3.63, 3.8) is 0 Å². The molecule has 1 rings (SSSR count). The zero-order valence-electron chi connectivity index (χ0n) is 13.2. The quantitative estimate of drug-likeness (QED) is 0.396. The fourth-order valence-electron chi connectivity index (χ4n) is 2.25. The van der Waals surface area contributed by atoms with Crippen molar-refractivity contribution in [2.75, 3.05) is 39.6 Å². The lowest BCUT2D eigenvalue weighted by atomic mass is 9.93. The molecule has 1 aromatic carbocycles. The maximum absolute atomic E-state index is 11.5. The van der Waals surface area contributed by atoms with Crippen LogP contribution in [0.4, 0.5) is 0 Å². The van der Waals surface area contributed by atoms with Crippen molar-refractivity contribution >= 4 is 11.9 Å². The Morgan fingerprint density at radius 3 is 1.92 bits per heavy atom. The normalized spacial score (nSPS) is 10.8. The van der Waals surface area contributed by atoms with Crippen molar-refractivity contribution < 1.29 is 39.5 Å². The van der Waals surface area contributed by atoms with Crippen molar-refractivity contribution in [2.45, 2.75) is 12.8 Å². The van der Waals surface area contributed by atoms with Crippen LogP contribution >= 0.6 is 0 Å². The number of aromatic carboxylic acids is 2. The van der Waals surface area contributed by atoms with E-state index in [1.165, 1.54) is 6.07 Å². The van der Waals surface area contributed by atoms with Crippen LogP contribution in [0, 0.1) is 0 Å². The van der Waals surface area contributed by atoms with E-state index in [0.717, 1.165) is 6.07 Å². The minimum absolute atomic E-state index is 0.0837. The molecular weight excluding hydrogens is 320 g/mol. The van der Waals surface area contributed by atoms with Crippen LogP contribution in [0.25, 0.3) is 0 Å². The average molecular weight is 342 g/mol. The molecule has 1 aromatic rings. The first-order chi connectivity index (χ1) is 11.5. The van der Waals surface area contributed by atoms with Crippen LogP contribution in [0.1, 0.15) is 31.8 Å². The first-order valence-electron chi connectivity index (χ1n) is 7.50. The number of aliphatic hydroxyl groups is 2. The van der Waals surface area contributed by atoms with Crippen molar-refractivity contribution in [2.24, 2.45) is 0 Å². The minimum Gasteiger partial charge on any atom is -0.478 e. The van der Waals surface area contributed by atoms with E-state index < -0.39 is 11.9 Å². The average Bonchev–Trinajstić information content (AvgIpc) is 2.55. The second kappa shape index (κ2) is 10.7. The summed E-state index contributed by atoms with van der Waals surface area (Å²) in [6, 6.07) is 2.56. The lowest BCUT2D eigenvalue weighted by Gasteiger charge is -2.14. The maximum Gasteiger partial charge on any atom is 0.335 e. The number of benzene rings is 1. The van der Waals surface area contributed by atoms with Gasteiger partial charge in [0.05, 0.1) is 50.8 Å². The number of hydrogen-bond donors (Lipinski definition) is 4. The number of ether oxygens (including phenoxy) is 2. The predicted molar refractivity (Wildman–Crippen MR) is 83.6 cm³/mol. The highest BCUT2D eigenvalue weighted by Crippen LogP contribution is 2.20. The summed E-state index contributed by atoms with van der Waals surface area (Å²) in [5.74, 6) is -2.43. The highest BCUT2D eigenvalue weighted by Gasteiger charge is 2.18. The molecule has 0 bridgehead atoms. The van der Waals surface area contributed by atoms with Gasteiger partial charge in [-0.05, 0) is 36.1 Å². The van der Waals surface area contributed by atoms with Gasteiger partial charge in [0.25, 0.3) is 0 Å². The molecule has 8 nitrogen and oxygen atoms in total. The number of carboxylic acids is 2. The van der Waals surface area contributed by atoms with E-state index in [1.54, 1.807) is 0 Å². The molecule has 0 atom stereocenters. The Morgan fingerprint density at radius 2 is 1.42 bits per heavy atom. The first kappa shape index (κ1) is 20.0. The van der Waals surface area contributed by atoms with Gasteiger partial charge in [0, 0.05) is 0 Å². The summed E-state index contributed by atoms with van der Waals surface area (Å²) in [6.45, 7) is 0.470. The van der Waals surface area contributed by atoms with Gasteiger partial charge < -0.3 is 29.9 Å². The summed E-state index contributed by atoms with van der Waals surface area (Å²) in [5.41, 5.74) is 0.847. The second-order valence-electron chi connectivity index (χ2n) is 4.94. The number of hydrogen-bond acceptors (Lipinski definition) is 6. The topological polar surface area (TPSA) is 134 Å². The van der Waals surface area contributed by atoms with Gasteiger partial charge in [-0.2, -0.15) is 0 Å². The van der Waals surface area contributed by atoms with E-state index >= 15 is 0 Å². The van der Waals surface area contributed by atoms with Gasteiger partial charge in [-0.15, -0.1) is 0 Å². The van der Waals surface area contributed by atoms with Crippen molar-refractivity contribution in [3.8, 4) is 0 Å². The van der Waals surface area contributed by atoms with Crippen LogP contribution in [0.3, 0.4) is 0 Å². The molecule has 0 aliphatic rings. The molecule has 134 valence electrons. The molecule has 0 saturated heterocycles. The Labute approximate surface area is 139 Å². The van der Waals surface area contributed by atoms with Crippen molar-refractivity contribution in [1.29, 1.82) is 0 Å². The minimum atomic E-state index is -1.22. The van der Waals surface area contributed by atoms with Crippen LogP contribution in [-0.4, -0.2) is 72.0 Å². The summed E-state index contributed by atoms with van der Waals surface area (Å²) < 4.78 is 10.3. The zero-order valence-corrected chi connectivity index (χ0v) is 13.2. The lowest BCUT2D eigenvalue weighted by Crippen LogP contribution is -2.14. The summed E-state index contributed by atoms with van der Waals surface area (Å²) in [5, 5.41) is 35.9. The van der Waals surface area contributed by atoms with Gasteiger partial charge in [0.1, 0.15) is 0 Å². The second-order valence-corrected chi connectivity index (χ2v) is 4.94. The molecule has 24 heavy (non-hydrogen) atoms. The Kier molecular flexibility index (Phi) is 8.95. The Morgan fingerprint density at radius 1 is 0.833 bits per heavy atom. The number of rotatable bonds is 12. The predicted octanol–water partition coefficient (Wildman–Crippen LogP) is 0.186. The van der Waals surface area contributed by atoms with Crippen LogP contribution in [0.15, 0.2) is 12.1 Å². The molecule has 4 N–H and O–H groups in total. The molecule has 0 saturated carbocycles. The molecular formula is C16H22O8. The Balaban J connectivity index is 3.06. The van der Waals surface area contributed by atoms with Crippen molar-refractivity contribution in [1.82, 2.24) is 0 Å². The van der Waals surface area contributed by atoms with Crippen LogP contribution in [-0.2, 0) is 22.3 Å². The van der Waals surface area contributed by atoms with E-state index in [0.29, 0.717) is 17.5 Å². The van der Waals surface area contributed by atoms with Gasteiger partial charge in [0.2, 0.25) is 0 Å². The van der Waals surface area contributed by atoms with E-state index in [1.807, 2.05) is 0 Å². The largest absolute Gasteiger partial charge is 0.478 e. The molecule has 0 aromatic heterocycles. The van der Waals surface area contributed by atoms with E-state index in [9.17, 15) is 14.7 Å². The molecule has 0 aliphatic carbocycles. The summed E-state index contributed by atoms with van der Waals surface area (Å²) >= 11 is 0. The highest BCUT2D eigenvalue weighted by molar-refractivity contribution is 5.95. The number of carbonyl (C=O) groups is 2. The summed E-state index contributed by atoms with van der Waals surface area (Å²) in [4.78, 5) is 22.7. The van der Waals surface area contributed by atoms with Crippen LogP contribution in [0.2, 0.25) is 0 Å². The van der Waals surface area contributed by atoms with Gasteiger partial charge >= 0.3 is 11.9 Å². The molecule has 0 amide bonds. The third-order valence-electron chi connectivity index (χ3n) is 3.30. The number of aliphatic hydroxyl groups excluding tert-OH is 2. The fourth-order valence-corrected chi connectivity index (χ4v) is 2.25. The van der Waals surface area contributed by atoms with Crippen LogP contribution < -0.4 is 0 Å². The standard InChI is InChI=1S/C16H22O8/c17-3-7-23-5-1-11-9-12(15(19)20)10-14(16(21)22)13(11)2-6-24-8-4-18/h9-10,17-18H,1-8H2,(H,19,20)(H,21,22). The van der Waals surface area contributed by atoms with Gasteiger partial charge in [-0.25, -0.2) is 9.59 Å². The van der Waals surface area contributed by atoms with E-state index in [2.05, 4.69) is 0 Å². The Bertz CT molecular complexity index is 555. The molecule has 0 spiro atoms. The molecule has 0 heterocycles. The summed E-state index contributed by atoms with van der Waals surface area (Å²) in [6.07, 6.45) is 0.591. The van der Waals surface area contributed by atoms with Gasteiger partial charge in [-0.3, -0.25) is 0 Å². The number of carboxylic acid groups (broad SMARTS) is 2. The zero-order chi connectivity index (χ0) is 17.9. The third-order valence-corrected chi connectivity index (χ3v) is 3.30. The molecule has 0 radical (unpaired) electrons. The van der Waals surface area contributed by atoms with E-state index in [4.69, 9.17) is 24.8 Å². The van der Waals surface area contributed by atoms with Gasteiger partial charge in [-0.1, -0.05) is 0 Å². The maximum atomic E-state index is 11.5. The van der Waals surface area contributed by atoms with Crippen molar-refractivity contribution in [3.05, 3.63) is 34.4 Å². The fraction of sp³-hybridized carbons (Fsp3) is 0.500.